The standard InChI is InChI=1S/C10H13BrFNO3S/c1-6-8(12)7(11)9(10(14)15-2)13(6)5-16-3-4-17/h17H,3-5H2,1-2H3. The molecule has 17 heavy (non-hydrogen) atoms. The van der Waals surface area contributed by atoms with Crippen molar-refractivity contribution in [3.05, 3.63) is 21.7 Å². The zero-order chi connectivity index (χ0) is 13.0. The molecule has 0 atom stereocenters. The fourth-order valence-corrected chi connectivity index (χ4v) is 2.14. The molecule has 1 aromatic heterocycles. The molecule has 7 heteroatoms. The van der Waals surface area contributed by atoms with E-state index in [1.54, 1.807) is 6.92 Å². The molecule has 0 bridgehead atoms. The van der Waals surface area contributed by atoms with Crippen LogP contribution in [0, 0.1) is 12.7 Å². The highest BCUT2D eigenvalue weighted by Gasteiger charge is 2.24. The molecule has 0 spiro atoms. The molecule has 0 aliphatic heterocycles. The average Bonchev–Trinajstić information content (AvgIpc) is 2.54. The minimum atomic E-state index is -0.613. The molecule has 1 rings (SSSR count). The van der Waals surface area contributed by atoms with Gasteiger partial charge in [-0.15, -0.1) is 0 Å². The van der Waals surface area contributed by atoms with Gasteiger partial charge in [-0.05, 0) is 22.9 Å². The van der Waals surface area contributed by atoms with Crippen LogP contribution in [-0.2, 0) is 16.2 Å². The van der Waals surface area contributed by atoms with Gasteiger partial charge < -0.3 is 14.0 Å². The van der Waals surface area contributed by atoms with Crippen LogP contribution in [0.3, 0.4) is 0 Å². The van der Waals surface area contributed by atoms with Gasteiger partial charge in [0.05, 0.1) is 23.9 Å². The molecule has 0 saturated carbocycles. The Labute approximate surface area is 113 Å². The number of aromatic nitrogens is 1. The highest BCUT2D eigenvalue weighted by Crippen LogP contribution is 2.27. The van der Waals surface area contributed by atoms with Crippen LogP contribution in [0.2, 0.25) is 0 Å². The lowest BCUT2D eigenvalue weighted by Crippen LogP contribution is -2.14. The van der Waals surface area contributed by atoms with Crippen molar-refractivity contribution < 1.29 is 18.7 Å². The summed E-state index contributed by atoms with van der Waals surface area (Å²) in [6.45, 7) is 2.07. The molecule has 0 radical (unpaired) electrons. The van der Waals surface area contributed by atoms with Gasteiger partial charge in [-0.3, -0.25) is 0 Å². The number of ether oxygens (including phenoxy) is 2. The van der Waals surface area contributed by atoms with Crippen LogP contribution in [0.1, 0.15) is 16.2 Å². The molecule has 0 saturated heterocycles. The van der Waals surface area contributed by atoms with E-state index in [4.69, 9.17) is 4.74 Å². The molecule has 0 N–H and O–H groups in total. The number of methoxy groups -OCH3 is 1. The summed E-state index contributed by atoms with van der Waals surface area (Å²) in [5.41, 5.74) is 0.429. The number of thiol groups is 1. The number of hydrogen-bond acceptors (Lipinski definition) is 4. The first kappa shape index (κ1) is 14.5. The highest BCUT2D eigenvalue weighted by atomic mass is 79.9. The number of carbonyl (C=O) groups excluding carboxylic acids is 1. The average molecular weight is 326 g/mol. The summed E-state index contributed by atoms with van der Waals surface area (Å²) >= 11 is 7.03. The smallest absolute Gasteiger partial charge is 0.356 e. The number of rotatable bonds is 5. The summed E-state index contributed by atoms with van der Waals surface area (Å²) in [6, 6.07) is 0. The Balaban J connectivity index is 3.08. The van der Waals surface area contributed by atoms with Crippen molar-refractivity contribution in [3.63, 3.8) is 0 Å². The van der Waals surface area contributed by atoms with E-state index in [-0.39, 0.29) is 16.9 Å². The summed E-state index contributed by atoms with van der Waals surface area (Å²) in [4.78, 5) is 11.5. The van der Waals surface area contributed by atoms with E-state index >= 15 is 0 Å². The van der Waals surface area contributed by atoms with Crippen LogP contribution in [0.25, 0.3) is 0 Å². The quantitative estimate of drug-likeness (QED) is 0.513. The summed E-state index contributed by atoms with van der Waals surface area (Å²) in [5.74, 6) is -0.546. The molecular formula is C10H13BrFNO3S. The number of carbonyl (C=O) groups is 1. The van der Waals surface area contributed by atoms with Crippen LogP contribution in [0.4, 0.5) is 4.39 Å². The fraction of sp³-hybridized carbons (Fsp3) is 0.500. The number of hydrogen-bond donors (Lipinski definition) is 1. The van der Waals surface area contributed by atoms with Crippen molar-refractivity contribution in [3.8, 4) is 0 Å². The molecule has 0 aromatic carbocycles. The molecule has 0 amide bonds. The third-order valence-corrected chi connectivity index (χ3v) is 3.13. The van der Waals surface area contributed by atoms with Gasteiger partial charge in [0.25, 0.3) is 0 Å². The lowest BCUT2D eigenvalue weighted by Gasteiger charge is -2.10. The second kappa shape index (κ2) is 6.42. The van der Waals surface area contributed by atoms with E-state index < -0.39 is 11.8 Å². The van der Waals surface area contributed by atoms with Gasteiger partial charge >= 0.3 is 5.97 Å². The molecule has 0 fully saturated rings. The lowest BCUT2D eigenvalue weighted by molar-refractivity contribution is 0.0539. The summed E-state index contributed by atoms with van der Waals surface area (Å²) < 4.78 is 25.0. The van der Waals surface area contributed by atoms with Crippen molar-refractivity contribution in [2.24, 2.45) is 0 Å². The Morgan fingerprint density at radius 1 is 1.59 bits per heavy atom. The minimum absolute atomic E-state index is 0.0827. The first-order valence-electron chi connectivity index (χ1n) is 4.85. The minimum Gasteiger partial charge on any atom is -0.464 e. The predicted molar refractivity (Wildman–Crippen MR) is 68.0 cm³/mol. The highest BCUT2D eigenvalue weighted by molar-refractivity contribution is 9.10. The number of nitrogens with zero attached hydrogens (tertiary/aromatic N) is 1. The maximum Gasteiger partial charge on any atom is 0.356 e. The number of halogens is 2. The van der Waals surface area contributed by atoms with Crippen molar-refractivity contribution in [2.45, 2.75) is 13.7 Å². The van der Waals surface area contributed by atoms with Crippen LogP contribution in [0.15, 0.2) is 4.47 Å². The van der Waals surface area contributed by atoms with Gasteiger partial charge in [0.15, 0.2) is 5.82 Å². The third kappa shape index (κ3) is 3.02. The van der Waals surface area contributed by atoms with E-state index in [0.717, 1.165) is 0 Å². The van der Waals surface area contributed by atoms with Crippen molar-refractivity contribution in [2.75, 3.05) is 19.5 Å². The summed E-state index contributed by atoms with van der Waals surface area (Å²) in [6.07, 6.45) is 0. The summed E-state index contributed by atoms with van der Waals surface area (Å²) in [7, 11) is 1.24. The number of esters is 1. The van der Waals surface area contributed by atoms with Gasteiger partial charge in [0, 0.05) is 5.75 Å². The van der Waals surface area contributed by atoms with E-state index in [9.17, 15) is 9.18 Å². The maximum absolute atomic E-state index is 13.7. The molecule has 4 nitrogen and oxygen atoms in total. The van der Waals surface area contributed by atoms with E-state index in [1.807, 2.05) is 0 Å². The molecule has 0 aliphatic rings. The Bertz CT molecular complexity index is 422. The lowest BCUT2D eigenvalue weighted by atomic mass is 10.4. The Hall–Kier alpha value is -0.530. The van der Waals surface area contributed by atoms with Crippen LogP contribution in [0.5, 0.6) is 0 Å². The van der Waals surface area contributed by atoms with Crippen LogP contribution >= 0.6 is 28.6 Å². The zero-order valence-corrected chi connectivity index (χ0v) is 12.0. The van der Waals surface area contributed by atoms with Gasteiger partial charge in [0.1, 0.15) is 12.4 Å². The monoisotopic (exact) mass is 325 g/mol. The molecule has 96 valence electrons. The largest absolute Gasteiger partial charge is 0.464 e. The Morgan fingerprint density at radius 2 is 2.24 bits per heavy atom. The topological polar surface area (TPSA) is 40.5 Å². The van der Waals surface area contributed by atoms with Gasteiger partial charge in [-0.25, -0.2) is 9.18 Å². The fourth-order valence-electron chi connectivity index (χ4n) is 1.35. The van der Waals surface area contributed by atoms with E-state index in [0.29, 0.717) is 18.1 Å². The Morgan fingerprint density at radius 3 is 2.76 bits per heavy atom. The molecule has 1 aromatic rings. The molecular weight excluding hydrogens is 313 g/mol. The molecule has 0 unspecified atom stereocenters. The normalized spacial score (nSPS) is 10.6. The third-order valence-electron chi connectivity index (χ3n) is 2.23. The predicted octanol–water partition coefficient (Wildman–Crippen LogP) is 2.39. The van der Waals surface area contributed by atoms with Gasteiger partial charge in [-0.2, -0.15) is 12.6 Å². The van der Waals surface area contributed by atoms with Crippen molar-refractivity contribution >= 4 is 34.5 Å². The molecule has 1 heterocycles. The second-order valence-corrected chi connectivity index (χ2v) is 4.48. The van der Waals surface area contributed by atoms with E-state index in [1.165, 1.54) is 11.7 Å². The van der Waals surface area contributed by atoms with Crippen molar-refractivity contribution in [1.82, 2.24) is 4.57 Å². The van der Waals surface area contributed by atoms with Crippen molar-refractivity contribution in [1.29, 1.82) is 0 Å². The zero-order valence-electron chi connectivity index (χ0n) is 9.50. The first-order valence-corrected chi connectivity index (χ1v) is 6.28. The van der Waals surface area contributed by atoms with Gasteiger partial charge in [-0.1, -0.05) is 0 Å². The van der Waals surface area contributed by atoms with Gasteiger partial charge in [0.2, 0.25) is 0 Å². The first-order chi connectivity index (χ1) is 8.04. The van der Waals surface area contributed by atoms with Crippen LogP contribution < -0.4 is 0 Å². The van der Waals surface area contributed by atoms with Crippen LogP contribution in [-0.4, -0.2) is 30.0 Å². The maximum atomic E-state index is 13.7. The SMILES string of the molecule is COC(=O)c1c(Br)c(F)c(C)n1COCCS. The molecule has 0 aliphatic carbocycles. The second-order valence-electron chi connectivity index (χ2n) is 3.24. The van der Waals surface area contributed by atoms with E-state index in [2.05, 4.69) is 33.3 Å². The summed E-state index contributed by atoms with van der Waals surface area (Å²) in [5, 5.41) is 0. The Kier molecular flexibility index (Phi) is 5.48.